The summed E-state index contributed by atoms with van der Waals surface area (Å²) in [5.41, 5.74) is 6.61. The number of nitrogens with two attached hydrogens (primary N) is 1. The Morgan fingerprint density at radius 2 is 1.79 bits per heavy atom. The van der Waals surface area contributed by atoms with Crippen LogP contribution in [0.1, 0.15) is 11.1 Å². The first-order chi connectivity index (χ1) is 9.01. The minimum Gasteiger partial charge on any atom is -0.451 e. The van der Waals surface area contributed by atoms with Gasteiger partial charge in [0.25, 0.3) is 0 Å². The molecular formula is C14H10F2N2O. The summed E-state index contributed by atoms with van der Waals surface area (Å²) in [5.74, 6) is -2.15. The molecule has 5 heteroatoms. The zero-order valence-corrected chi connectivity index (χ0v) is 10.1. The van der Waals surface area contributed by atoms with Crippen LogP contribution in [0.2, 0.25) is 0 Å². The Kier molecular flexibility index (Phi) is 3.34. The molecule has 0 aliphatic carbocycles. The number of benzene rings is 2. The third-order valence-corrected chi connectivity index (χ3v) is 2.55. The molecule has 0 amide bonds. The van der Waals surface area contributed by atoms with E-state index in [-0.39, 0.29) is 11.3 Å². The van der Waals surface area contributed by atoms with E-state index in [1.165, 1.54) is 6.07 Å². The number of ether oxygens (including phenoxy) is 1. The van der Waals surface area contributed by atoms with Gasteiger partial charge in [-0.3, -0.25) is 0 Å². The van der Waals surface area contributed by atoms with Crippen molar-refractivity contribution in [3.8, 4) is 17.6 Å². The molecule has 0 saturated carbocycles. The molecule has 0 aliphatic rings. The van der Waals surface area contributed by atoms with Gasteiger partial charge in [0.15, 0.2) is 17.4 Å². The second kappa shape index (κ2) is 4.94. The molecule has 0 atom stereocenters. The third-order valence-electron chi connectivity index (χ3n) is 2.55. The second-order valence-corrected chi connectivity index (χ2v) is 4.01. The fourth-order valence-corrected chi connectivity index (χ4v) is 1.56. The van der Waals surface area contributed by atoms with Crippen LogP contribution < -0.4 is 10.5 Å². The molecule has 3 nitrogen and oxygen atoms in total. The lowest BCUT2D eigenvalue weighted by molar-refractivity contribution is 0.405. The van der Waals surface area contributed by atoms with Crippen molar-refractivity contribution in [1.82, 2.24) is 0 Å². The van der Waals surface area contributed by atoms with Crippen LogP contribution in [0.25, 0.3) is 0 Å². The van der Waals surface area contributed by atoms with Crippen molar-refractivity contribution in [3.63, 3.8) is 0 Å². The maximum absolute atomic E-state index is 13.7. The highest BCUT2D eigenvalue weighted by Crippen LogP contribution is 2.31. The minimum atomic E-state index is -0.932. The molecule has 0 spiro atoms. The number of nitriles is 1. The van der Waals surface area contributed by atoms with Gasteiger partial charge in [-0.05, 0) is 30.7 Å². The summed E-state index contributed by atoms with van der Waals surface area (Å²) >= 11 is 0. The number of rotatable bonds is 2. The molecule has 2 rings (SSSR count). The molecule has 0 aromatic heterocycles. The summed E-state index contributed by atoms with van der Waals surface area (Å²) in [5, 5.41) is 8.61. The van der Waals surface area contributed by atoms with Crippen LogP contribution >= 0.6 is 0 Å². The molecule has 0 fully saturated rings. The summed E-state index contributed by atoms with van der Waals surface area (Å²) in [6, 6.07) is 8.32. The van der Waals surface area contributed by atoms with Gasteiger partial charge in [0.1, 0.15) is 5.75 Å². The summed E-state index contributed by atoms with van der Waals surface area (Å²) in [6.07, 6.45) is 0. The number of halogens is 2. The lowest BCUT2D eigenvalue weighted by Crippen LogP contribution is -1.96. The van der Waals surface area contributed by atoms with Crippen LogP contribution in [0.15, 0.2) is 30.3 Å². The largest absolute Gasteiger partial charge is 0.451 e. The van der Waals surface area contributed by atoms with Crippen molar-refractivity contribution < 1.29 is 13.5 Å². The quantitative estimate of drug-likeness (QED) is 0.840. The average Bonchev–Trinajstić information content (AvgIpc) is 2.37. The van der Waals surface area contributed by atoms with E-state index in [1.54, 1.807) is 25.1 Å². The second-order valence-electron chi connectivity index (χ2n) is 4.01. The number of hydrogen-bond acceptors (Lipinski definition) is 3. The van der Waals surface area contributed by atoms with Gasteiger partial charge in [-0.2, -0.15) is 5.26 Å². The lowest BCUT2D eigenvalue weighted by Gasteiger charge is -2.11. The highest BCUT2D eigenvalue weighted by Gasteiger charge is 2.14. The van der Waals surface area contributed by atoms with Gasteiger partial charge in [-0.25, -0.2) is 8.78 Å². The molecule has 0 aliphatic heterocycles. The van der Waals surface area contributed by atoms with Gasteiger partial charge in [0.05, 0.1) is 11.6 Å². The Morgan fingerprint density at radius 1 is 1.16 bits per heavy atom. The first-order valence-corrected chi connectivity index (χ1v) is 5.44. The SMILES string of the molecule is Cc1ccc(N)cc1Oc1c(F)cc(C#N)cc1F. The van der Waals surface area contributed by atoms with Gasteiger partial charge < -0.3 is 10.5 Å². The minimum absolute atomic E-state index is 0.105. The van der Waals surface area contributed by atoms with Crippen LogP contribution in [-0.2, 0) is 0 Å². The monoisotopic (exact) mass is 260 g/mol. The van der Waals surface area contributed by atoms with Crippen molar-refractivity contribution >= 4 is 5.69 Å². The van der Waals surface area contributed by atoms with Gasteiger partial charge in [0, 0.05) is 11.8 Å². The smallest absolute Gasteiger partial charge is 0.198 e. The third kappa shape index (κ3) is 2.63. The Labute approximate surface area is 108 Å². The molecule has 0 radical (unpaired) electrons. The van der Waals surface area contributed by atoms with Crippen LogP contribution in [0.5, 0.6) is 11.5 Å². The Balaban J connectivity index is 2.44. The summed E-state index contributed by atoms with van der Waals surface area (Å²) in [4.78, 5) is 0. The molecule has 2 N–H and O–H groups in total. The molecule has 0 heterocycles. The first kappa shape index (κ1) is 12.8. The van der Waals surface area contributed by atoms with E-state index in [4.69, 9.17) is 15.7 Å². The molecule has 2 aromatic carbocycles. The van der Waals surface area contributed by atoms with Crippen LogP contribution in [-0.4, -0.2) is 0 Å². The lowest BCUT2D eigenvalue weighted by atomic mass is 10.2. The maximum Gasteiger partial charge on any atom is 0.198 e. The van der Waals surface area contributed by atoms with E-state index in [2.05, 4.69) is 0 Å². The number of anilines is 1. The fraction of sp³-hybridized carbons (Fsp3) is 0.0714. The van der Waals surface area contributed by atoms with Gasteiger partial charge >= 0.3 is 0 Å². The predicted molar refractivity (Wildman–Crippen MR) is 66.7 cm³/mol. The molecule has 0 unspecified atom stereocenters. The van der Waals surface area contributed by atoms with Crippen molar-refractivity contribution in [1.29, 1.82) is 5.26 Å². The standard InChI is InChI=1S/C14H10F2N2O/c1-8-2-3-10(18)6-13(8)19-14-11(15)4-9(7-17)5-12(14)16/h2-6H,18H2,1H3. The maximum atomic E-state index is 13.7. The Bertz CT molecular complexity index is 655. The number of aryl methyl sites for hydroxylation is 1. The van der Waals surface area contributed by atoms with Crippen molar-refractivity contribution in [2.75, 3.05) is 5.73 Å². The zero-order chi connectivity index (χ0) is 14.0. The number of hydrogen-bond donors (Lipinski definition) is 1. The van der Waals surface area contributed by atoms with Crippen LogP contribution in [0.3, 0.4) is 0 Å². The van der Waals surface area contributed by atoms with E-state index in [0.717, 1.165) is 12.1 Å². The normalized spacial score (nSPS) is 10.0. The van der Waals surface area contributed by atoms with E-state index in [0.29, 0.717) is 11.3 Å². The van der Waals surface area contributed by atoms with E-state index < -0.39 is 17.4 Å². The Hall–Kier alpha value is -2.61. The fourth-order valence-electron chi connectivity index (χ4n) is 1.56. The van der Waals surface area contributed by atoms with E-state index in [9.17, 15) is 8.78 Å². The van der Waals surface area contributed by atoms with E-state index >= 15 is 0 Å². The van der Waals surface area contributed by atoms with Gasteiger partial charge in [-0.1, -0.05) is 6.07 Å². The average molecular weight is 260 g/mol. The van der Waals surface area contributed by atoms with Crippen molar-refractivity contribution in [2.45, 2.75) is 6.92 Å². The van der Waals surface area contributed by atoms with Crippen molar-refractivity contribution in [3.05, 3.63) is 53.1 Å². The topological polar surface area (TPSA) is 59.0 Å². The molecule has 2 aromatic rings. The summed E-state index contributed by atoms with van der Waals surface area (Å²) in [6.45, 7) is 1.73. The van der Waals surface area contributed by atoms with Gasteiger partial charge in [0.2, 0.25) is 0 Å². The summed E-state index contributed by atoms with van der Waals surface area (Å²) < 4.78 is 32.5. The molecule has 0 bridgehead atoms. The molecule has 0 saturated heterocycles. The predicted octanol–water partition coefficient (Wildman–Crippen LogP) is 3.52. The van der Waals surface area contributed by atoms with Crippen LogP contribution in [0.4, 0.5) is 14.5 Å². The highest BCUT2D eigenvalue weighted by atomic mass is 19.1. The van der Waals surface area contributed by atoms with Crippen LogP contribution in [0, 0.1) is 29.9 Å². The van der Waals surface area contributed by atoms with Gasteiger partial charge in [-0.15, -0.1) is 0 Å². The first-order valence-electron chi connectivity index (χ1n) is 5.44. The molecule has 19 heavy (non-hydrogen) atoms. The number of nitrogens with zero attached hydrogens (tertiary/aromatic N) is 1. The highest BCUT2D eigenvalue weighted by molar-refractivity contribution is 5.50. The zero-order valence-electron chi connectivity index (χ0n) is 10.1. The Morgan fingerprint density at radius 3 is 2.37 bits per heavy atom. The van der Waals surface area contributed by atoms with Crippen molar-refractivity contribution in [2.24, 2.45) is 0 Å². The molecule has 96 valence electrons. The number of nitrogen functional groups attached to an aromatic ring is 1. The van der Waals surface area contributed by atoms with E-state index in [1.807, 2.05) is 0 Å². The summed E-state index contributed by atoms with van der Waals surface area (Å²) in [7, 11) is 0. The molecular weight excluding hydrogens is 250 g/mol.